The van der Waals surface area contributed by atoms with Gasteiger partial charge in [-0.25, -0.2) is 4.79 Å². The van der Waals surface area contributed by atoms with Gasteiger partial charge in [0.25, 0.3) is 0 Å². The predicted molar refractivity (Wildman–Crippen MR) is 106 cm³/mol. The maximum absolute atomic E-state index is 12.0. The fourth-order valence-electron chi connectivity index (χ4n) is 2.76. The van der Waals surface area contributed by atoms with Crippen molar-refractivity contribution >= 4 is 17.3 Å². The summed E-state index contributed by atoms with van der Waals surface area (Å²) >= 11 is 1.48. The lowest BCUT2D eigenvalue weighted by atomic mass is 10.0. The highest BCUT2D eigenvalue weighted by Gasteiger charge is 2.31. The van der Waals surface area contributed by atoms with Crippen LogP contribution in [-0.4, -0.2) is 16.7 Å². The first kappa shape index (κ1) is 18.4. The second kappa shape index (κ2) is 7.44. The second-order valence-corrected chi connectivity index (χ2v) is 8.15. The fourth-order valence-corrected chi connectivity index (χ4v) is 3.97. The molecule has 0 aliphatic heterocycles. The number of benzene rings is 2. The molecular formula is C22H22O3S. The minimum Gasteiger partial charge on any atom is -0.479 e. The molecule has 0 aliphatic carbocycles. The molecule has 1 atom stereocenters. The Labute approximate surface area is 157 Å². The molecule has 134 valence electrons. The number of thiophene rings is 1. The van der Waals surface area contributed by atoms with Gasteiger partial charge in [-0.05, 0) is 43.5 Å². The summed E-state index contributed by atoms with van der Waals surface area (Å²) in [5, 5.41) is 9.82. The molecule has 0 saturated heterocycles. The molecule has 0 spiro atoms. The van der Waals surface area contributed by atoms with Crippen LogP contribution in [0.5, 0.6) is 0 Å². The largest absolute Gasteiger partial charge is 0.479 e. The van der Waals surface area contributed by atoms with Gasteiger partial charge in [0.2, 0.25) is 0 Å². The standard InChI is InChI=1S/C22H22O3S/c1-22(2,3)25-19(21(23)24)20-17(15-10-6-4-7-11-15)14-18(26-20)16-12-8-5-9-13-16/h4-14,19H,1-3H3,(H,23,24). The average molecular weight is 366 g/mol. The number of aliphatic carboxylic acids is 1. The van der Waals surface area contributed by atoms with Crippen LogP contribution in [0.2, 0.25) is 0 Å². The summed E-state index contributed by atoms with van der Waals surface area (Å²) in [6.45, 7) is 5.62. The first-order valence-electron chi connectivity index (χ1n) is 8.50. The highest BCUT2D eigenvalue weighted by Crippen LogP contribution is 2.42. The molecule has 0 aliphatic rings. The Morgan fingerprint density at radius 1 is 0.962 bits per heavy atom. The highest BCUT2D eigenvalue weighted by molar-refractivity contribution is 7.16. The van der Waals surface area contributed by atoms with E-state index in [1.807, 2.05) is 81.4 Å². The van der Waals surface area contributed by atoms with Crippen molar-refractivity contribution in [3.8, 4) is 21.6 Å². The van der Waals surface area contributed by atoms with E-state index in [1.165, 1.54) is 11.3 Å². The zero-order chi connectivity index (χ0) is 18.7. The van der Waals surface area contributed by atoms with Gasteiger partial charge in [0.05, 0.1) is 10.5 Å². The third-order valence-corrected chi connectivity index (χ3v) is 5.07. The number of hydrogen-bond donors (Lipinski definition) is 1. The number of carbonyl (C=O) groups is 1. The molecule has 0 fully saturated rings. The monoisotopic (exact) mass is 366 g/mol. The molecule has 3 rings (SSSR count). The molecule has 1 aromatic heterocycles. The maximum atomic E-state index is 12.0. The van der Waals surface area contributed by atoms with Gasteiger partial charge in [-0.1, -0.05) is 60.7 Å². The zero-order valence-electron chi connectivity index (χ0n) is 15.1. The zero-order valence-corrected chi connectivity index (χ0v) is 15.9. The quantitative estimate of drug-likeness (QED) is 0.600. The lowest BCUT2D eigenvalue weighted by molar-refractivity contribution is -0.160. The summed E-state index contributed by atoms with van der Waals surface area (Å²) in [5.74, 6) is -0.974. The van der Waals surface area contributed by atoms with Crippen molar-refractivity contribution in [2.24, 2.45) is 0 Å². The van der Waals surface area contributed by atoms with Crippen LogP contribution in [-0.2, 0) is 9.53 Å². The van der Waals surface area contributed by atoms with Gasteiger partial charge >= 0.3 is 5.97 Å². The van der Waals surface area contributed by atoms with Crippen LogP contribution in [0, 0.1) is 0 Å². The van der Waals surface area contributed by atoms with Crippen molar-refractivity contribution in [2.75, 3.05) is 0 Å². The van der Waals surface area contributed by atoms with E-state index in [-0.39, 0.29) is 0 Å². The molecule has 0 bridgehead atoms. The van der Waals surface area contributed by atoms with Crippen LogP contribution in [0.1, 0.15) is 31.8 Å². The van der Waals surface area contributed by atoms with E-state index < -0.39 is 17.7 Å². The Balaban J connectivity index is 2.15. The van der Waals surface area contributed by atoms with E-state index in [4.69, 9.17) is 4.74 Å². The van der Waals surface area contributed by atoms with Gasteiger partial charge in [-0.2, -0.15) is 0 Å². The van der Waals surface area contributed by atoms with Crippen LogP contribution in [0.3, 0.4) is 0 Å². The van der Waals surface area contributed by atoms with Gasteiger partial charge in [0.1, 0.15) is 0 Å². The predicted octanol–water partition coefficient (Wildman–Crippen LogP) is 6.02. The van der Waals surface area contributed by atoms with Crippen molar-refractivity contribution in [2.45, 2.75) is 32.5 Å². The first-order chi connectivity index (χ1) is 12.3. The highest BCUT2D eigenvalue weighted by atomic mass is 32.1. The second-order valence-electron chi connectivity index (χ2n) is 7.07. The molecule has 1 heterocycles. The molecule has 0 radical (unpaired) electrons. The van der Waals surface area contributed by atoms with Crippen LogP contribution in [0.15, 0.2) is 66.7 Å². The minimum atomic E-state index is -1.01. The normalized spacial score (nSPS) is 12.7. The SMILES string of the molecule is CC(C)(C)OC(C(=O)O)c1sc(-c2ccccc2)cc1-c1ccccc1. The van der Waals surface area contributed by atoms with Crippen molar-refractivity contribution in [1.82, 2.24) is 0 Å². The summed E-state index contributed by atoms with van der Waals surface area (Å²) in [7, 11) is 0. The smallest absolute Gasteiger partial charge is 0.338 e. The molecule has 3 nitrogen and oxygen atoms in total. The van der Waals surface area contributed by atoms with Crippen molar-refractivity contribution in [1.29, 1.82) is 0 Å². The van der Waals surface area contributed by atoms with E-state index >= 15 is 0 Å². The molecule has 1 N–H and O–H groups in total. The number of ether oxygens (including phenoxy) is 1. The molecule has 1 unspecified atom stereocenters. The lowest BCUT2D eigenvalue weighted by Gasteiger charge is -2.25. The molecule has 3 aromatic rings. The minimum absolute atomic E-state index is 0.562. The van der Waals surface area contributed by atoms with Gasteiger partial charge in [0.15, 0.2) is 6.10 Å². The fraction of sp³-hybridized carbons (Fsp3) is 0.227. The van der Waals surface area contributed by atoms with Crippen LogP contribution in [0.25, 0.3) is 21.6 Å². The first-order valence-corrected chi connectivity index (χ1v) is 9.32. The van der Waals surface area contributed by atoms with E-state index in [2.05, 4.69) is 6.07 Å². The molecule has 0 saturated carbocycles. The summed E-state index contributed by atoms with van der Waals surface area (Å²) in [6.07, 6.45) is -1.01. The maximum Gasteiger partial charge on any atom is 0.338 e. The average Bonchev–Trinajstić information content (AvgIpc) is 3.05. The third-order valence-electron chi connectivity index (χ3n) is 3.84. The van der Waals surface area contributed by atoms with Crippen LogP contribution < -0.4 is 0 Å². The van der Waals surface area contributed by atoms with Gasteiger partial charge < -0.3 is 9.84 Å². The topological polar surface area (TPSA) is 46.5 Å². The van der Waals surface area contributed by atoms with Gasteiger partial charge in [0, 0.05) is 4.88 Å². The number of rotatable bonds is 5. The van der Waals surface area contributed by atoms with E-state index in [0.717, 1.165) is 26.4 Å². The summed E-state index contributed by atoms with van der Waals surface area (Å²) < 4.78 is 5.91. The van der Waals surface area contributed by atoms with E-state index in [9.17, 15) is 9.90 Å². The van der Waals surface area contributed by atoms with Crippen LogP contribution >= 0.6 is 11.3 Å². The van der Waals surface area contributed by atoms with Crippen molar-refractivity contribution in [3.63, 3.8) is 0 Å². The Morgan fingerprint density at radius 3 is 2.00 bits per heavy atom. The number of carboxylic acid groups (broad SMARTS) is 1. The Kier molecular flexibility index (Phi) is 5.25. The van der Waals surface area contributed by atoms with Crippen molar-refractivity contribution in [3.05, 3.63) is 71.6 Å². The Morgan fingerprint density at radius 2 is 1.50 bits per heavy atom. The molecule has 4 heteroatoms. The van der Waals surface area contributed by atoms with Gasteiger partial charge in [-0.15, -0.1) is 11.3 Å². The molecular weight excluding hydrogens is 344 g/mol. The van der Waals surface area contributed by atoms with Gasteiger partial charge in [-0.3, -0.25) is 0 Å². The Bertz CT molecular complexity index is 877. The van der Waals surface area contributed by atoms with Crippen LogP contribution in [0.4, 0.5) is 0 Å². The summed E-state index contributed by atoms with van der Waals surface area (Å²) in [6, 6.07) is 21.9. The number of carboxylic acids is 1. The third kappa shape index (κ3) is 4.21. The molecule has 2 aromatic carbocycles. The molecule has 0 amide bonds. The summed E-state index contributed by atoms with van der Waals surface area (Å²) in [4.78, 5) is 13.7. The van der Waals surface area contributed by atoms with E-state index in [1.54, 1.807) is 0 Å². The Hall–Kier alpha value is -2.43. The lowest BCUT2D eigenvalue weighted by Crippen LogP contribution is -2.27. The number of hydrogen-bond acceptors (Lipinski definition) is 3. The van der Waals surface area contributed by atoms with E-state index in [0.29, 0.717) is 0 Å². The van der Waals surface area contributed by atoms with Crippen molar-refractivity contribution < 1.29 is 14.6 Å². The molecule has 26 heavy (non-hydrogen) atoms. The summed E-state index contributed by atoms with van der Waals surface area (Å²) in [5.41, 5.74) is 2.41.